The molecule has 0 aliphatic carbocycles. The number of hydrogen-bond acceptors (Lipinski definition) is 5. The Hall–Kier alpha value is -2.18. The van der Waals surface area contributed by atoms with Gasteiger partial charge in [-0.15, -0.1) is 0 Å². The summed E-state index contributed by atoms with van der Waals surface area (Å²) in [5, 5.41) is 20.0. The molecule has 19 heavy (non-hydrogen) atoms. The molecule has 6 heteroatoms. The van der Waals surface area contributed by atoms with Crippen molar-refractivity contribution in [1.82, 2.24) is 4.98 Å². The molecule has 1 aromatic heterocycles. The predicted octanol–water partition coefficient (Wildman–Crippen LogP) is 0.123. The number of carbonyl (C=O) groups is 1. The molecular weight excluding hydrogens is 248 g/mol. The summed E-state index contributed by atoms with van der Waals surface area (Å²) in [4.78, 5) is 15.1. The number of methoxy groups -OCH3 is 1. The van der Waals surface area contributed by atoms with Crippen LogP contribution in [0.5, 0.6) is 5.88 Å². The van der Waals surface area contributed by atoms with Crippen LogP contribution in [0.4, 0.5) is 0 Å². The minimum Gasteiger partial charge on any atom is -0.481 e. The van der Waals surface area contributed by atoms with Crippen LogP contribution in [0.1, 0.15) is 11.7 Å². The topological polar surface area (TPSA) is 106 Å². The first-order valence-corrected chi connectivity index (χ1v) is 5.63. The van der Waals surface area contributed by atoms with Crippen LogP contribution in [-0.4, -0.2) is 34.3 Å². The Morgan fingerprint density at radius 2 is 2.05 bits per heavy atom. The molecule has 2 unspecified atom stereocenters. The average Bonchev–Trinajstić information content (AvgIpc) is 2.44. The number of ether oxygens (including phenoxy) is 1. The molecule has 0 radical (unpaired) electrons. The van der Waals surface area contributed by atoms with Gasteiger partial charge in [0.15, 0.2) is 6.10 Å². The van der Waals surface area contributed by atoms with Gasteiger partial charge in [0.05, 0.1) is 12.6 Å². The lowest BCUT2D eigenvalue weighted by Crippen LogP contribution is -2.33. The fourth-order valence-corrected chi connectivity index (χ4v) is 1.76. The summed E-state index contributed by atoms with van der Waals surface area (Å²) in [5.41, 5.74) is 6.03. The summed E-state index contributed by atoms with van der Waals surface area (Å²) >= 11 is 0. The Morgan fingerprint density at radius 1 is 1.32 bits per heavy atom. The summed E-state index contributed by atoms with van der Waals surface area (Å²) in [5.74, 6) is -0.488. The zero-order valence-electron chi connectivity index (χ0n) is 10.3. The molecule has 1 amide bonds. The van der Waals surface area contributed by atoms with Crippen molar-refractivity contribution >= 4 is 16.8 Å². The molecule has 0 bridgehead atoms. The lowest BCUT2D eigenvalue weighted by Gasteiger charge is -2.15. The number of aromatic nitrogens is 1. The van der Waals surface area contributed by atoms with Crippen LogP contribution in [-0.2, 0) is 4.79 Å². The van der Waals surface area contributed by atoms with E-state index < -0.39 is 18.1 Å². The summed E-state index contributed by atoms with van der Waals surface area (Å²) < 4.78 is 5.01. The second kappa shape index (κ2) is 5.21. The van der Waals surface area contributed by atoms with E-state index >= 15 is 0 Å². The fraction of sp³-hybridized carbons (Fsp3) is 0.231. The SMILES string of the molecule is COc1ccc2cc(C(O)C(O)C(N)=O)ccc2n1. The van der Waals surface area contributed by atoms with Gasteiger partial charge >= 0.3 is 0 Å². The molecule has 0 saturated heterocycles. The fourth-order valence-electron chi connectivity index (χ4n) is 1.76. The molecule has 100 valence electrons. The summed E-state index contributed by atoms with van der Waals surface area (Å²) in [6.45, 7) is 0. The first-order valence-electron chi connectivity index (χ1n) is 5.63. The van der Waals surface area contributed by atoms with E-state index in [4.69, 9.17) is 10.5 Å². The van der Waals surface area contributed by atoms with E-state index in [0.717, 1.165) is 5.39 Å². The number of primary amides is 1. The van der Waals surface area contributed by atoms with E-state index in [2.05, 4.69) is 4.98 Å². The zero-order chi connectivity index (χ0) is 14.0. The van der Waals surface area contributed by atoms with Gasteiger partial charge in [-0.25, -0.2) is 4.98 Å². The normalized spacial score (nSPS) is 14.1. The van der Waals surface area contributed by atoms with Gasteiger partial charge in [0.1, 0.15) is 6.10 Å². The molecule has 4 N–H and O–H groups in total. The molecule has 0 aliphatic rings. The quantitative estimate of drug-likeness (QED) is 0.726. The number of aliphatic hydroxyl groups excluding tert-OH is 2. The molecule has 0 aliphatic heterocycles. The van der Waals surface area contributed by atoms with Crippen LogP contribution < -0.4 is 10.5 Å². The Balaban J connectivity index is 2.39. The number of nitrogens with two attached hydrogens (primary N) is 1. The largest absolute Gasteiger partial charge is 0.481 e. The molecule has 2 rings (SSSR count). The minimum absolute atomic E-state index is 0.394. The van der Waals surface area contributed by atoms with E-state index in [9.17, 15) is 15.0 Å². The summed E-state index contributed by atoms with van der Waals surface area (Å²) in [6, 6.07) is 8.34. The van der Waals surface area contributed by atoms with Crippen molar-refractivity contribution < 1.29 is 19.7 Å². The smallest absolute Gasteiger partial charge is 0.249 e. The number of carbonyl (C=O) groups excluding carboxylic acids is 1. The van der Waals surface area contributed by atoms with E-state index in [-0.39, 0.29) is 0 Å². The van der Waals surface area contributed by atoms with Crippen LogP contribution in [0, 0.1) is 0 Å². The van der Waals surface area contributed by atoms with Gasteiger partial charge in [0.25, 0.3) is 0 Å². The van der Waals surface area contributed by atoms with E-state index in [0.29, 0.717) is 17.0 Å². The van der Waals surface area contributed by atoms with E-state index in [1.54, 1.807) is 30.3 Å². The third kappa shape index (κ3) is 2.64. The first-order chi connectivity index (χ1) is 9.02. The van der Waals surface area contributed by atoms with Crippen LogP contribution in [0.15, 0.2) is 30.3 Å². The van der Waals surface area contributed by atoms with Crippen molar-refractivity contribution in [2.75, 3.05) is 7.11 Å². The van der Waals surface area contributed by atoms with Crippen molar-refractivity contribution in [3.05, 3.63) is 35.9 Å². The number of nitrogens with zero attached hydrogens (tertiary/aromatic N) is 1. The van der Waals surface area contributed by atoms with Crippen molar-refractivity contribution in [2.45, 2.75) is 12.2 Å². The number of rotatable bonds is 4. The van der Waals surface area contributed by atoms with Gasteiger partial charge in [0.2, 0.25) is 11.8 Å². The van der Waals surface area contributed by atoms with Gasteiger partial charge in [-0.2, -0.15) is 0 Å². The number of fused-ring (bicyclic) bond motifs is 1. The number of aliphatic hydroxyl groups is 2. The lowest BCUT2D eigenvalue weighted by molar-refractivity contribution is -0.131. The van der Waals surface area contributed by atoms with Crippen LogP contribution in [0.3, 0.4) is 0 Å². The van der Waals surface area contributed by atoms with Gasteiger partial charge in [-0.05, 0) is 23.8 Å². The average molecular weight is 262 g/mol. The highest BCUT2D eigenvalue weighted by molar-refractivity contribution is 5.82. The molecular formula is C13H14N2O4. The third-order valence-electron chi connectivity index (χ3n) is 2.83. The summed E-state index contributed by atoms with van der Waals surface area (Å²) in [7, 11) is 1.52. The number of amides is 1. The van der Waals surface area contributed by atoms with E-state index in [1.165, 1.54) is 7.11 Å². The van der Waals surface area contributed by atoms with Crippen LogP contribution >= 0.6 is 0 Å². The lowest BCUT2D eigenvalue weighted by atomic mass is 10.0. The Kier molecular flexibility index (Phi) is 3.64. The maximum atomic E-state index is 10.8. The molecule has 0 spiro atoms. The molecule has 1 aromatic carbocycles. The predicted molar refractivity (Wildman–Crippen MR) is 68.5 cm³/mol. The van der Waals surface area contributed by atoms with Crippen molar-refractivity contribution in [3.63, 3.8) is 0 Å². The van der Waals surface area contributed by atoms with Crippen molar-refractivity contribution in [1.29, 1.82) is 0 Å². The molecule has 2 aromatic rings. The highest BCUT2D eigenvalue weighted by Gasteiger charge is 2.23. The van der Waals surface area contributed by atoms with E-state index in [1.807, 2.05) is 0 Å². The highest BCUT2D eigenvalue weighted by Crippen LogP contribution is 2.23. The second-order valence-corrected chi connectivity index (χ2v) is 4.10. The zero-order valence-corrected chi connectivity index (χ0v) is 10.3. The Labute approximate surface area is 109 Å². The molecule has 1 heterocycles. The Morgan fingerprint density at radius 3 is 2.68 bits per heavy atom. The maximum absolute atomic E-state index is 10.8. The molecule has 0 saturated carbocycles. The second-order valence-electron chi connectivity index (χ2n) is 4.10. The number of benzene rings is 1. The molecule has 6 nitrogen and oxygen atoms in total. The summed E-state index contributed by atoms with van der Waals surface area (Å²) in [6.07, 6.45) is -2.99. The van der Waals surface area contributed by atoms with Gasteiger partial charge < -0.3 is 20.7 Å². The maximum Gasteiger partial charge on any atom is 0.249 e. The highest BCUT2D eigenvalue weighted by atomic mass is 16.5. The van der Waals surface area contributed by atoms with Crippen molar-refractivity contribution in [3.8, 4) is 5.88 Å². The number of hydrogen-bond donors (Lipinski definition) is 3. The third-order valence-corrected chi connectivity index (χ3v) is 2.83. The van der Waals surface area contributed by atoms with Crippen LogP contribution in [0.2, 0.25) is 0 Å². The molecule has 2 atom stereocenters. The molecule has 0 fully saturated rings. The minimum atomic E-state index is -1.64. The number of pyridine rings is 1. The van der Waals surface area contributed by atoms with Crippen LogP contribution in [0.25, 0.3) is 10.9 Å². The van der Waals surface area contributed by atoms with Gasteiger partial charge in [0, 0.05) is 11.5 Å². The Bertz CT molecular complexity index is 615. The van der Waals surface area contributed by atoms with Gasteiger partial charge in [-0.3, -0.25) is 4.79 Å². The van der Waals surface area contributed by atoms with Crippen molar-refractivity contribution in [2.24, 2.45) is 5.73 Å². The first kappa shape index (κ1) is 13.3. The monoisotopic (exact) mass is 262 g/mol. The van der Waals surface area contributed by atoms with Gasteiger partial charge in [-0.1, -0.05) is 6.07 Å². The standard InChI is InChI=1S/C13H14N2O4/c1-19-10-5-3-7-6-8(2-4-9(7)15-10)11(16)12(17)13(14)18/h2-6,11-12,16-17H,1H3,(H2,14,18).